The third kappa shape index (κ3) is 3.32. The van der Waals surface area contributed by atoms with Crippen LogP contribution in [0.4, 0.5) is 5.69 Å². The minimum atomic E-state index is -3.72. The van der Waals surface area contributed by atoms with E-state index in [1.54, 1.807) is 7.05 Å². The first-order valence-electron chi connectivity index (χ1n) is 5.55. The van der Waals surface area contributed by atoms with Crippen LogP contribution in [0.1, 0.15) is 5.69 Å². The summed E-state index contributed by atoms with van der Waals surface area (Å²) >= 11 is 0. The molecule has 9 heteroatoms. The third-order valence-corrected chi connectivity index (χ3v) is 3.74. The van der Waals surface area contributed by atoms with Crippen LogP contribution in [0.15, 0.2) is 35.6 Å². The highest BCUT2D eigenvalue weighted by atomic mass is 32.2. The topological polar surface area (TPSA) is 114 Å². The lowest BCUT2D eigenvalue weighted by Crippen LogP contribution is -2.12. The number of hydrogen-bond donors (Lipinski definition) is 2. The fourth-order valence-corrected chi connectivity index (χ4v) is 2.52. The molecule has 0 saturated carbocycles. The van der Waals surface area contributed by atoms with Gasteiger partial charge in [-0.25, -0.2) is 8.42 Å². The molecule has 0 bridgehead atoms. The molecule has 2 rings (SSSR count). The number of hydrogen-bond acceptors (Lipinski definition) is 5. The quantitative estimate of drug-likeness (QED) is 0.817. The normalized spacial score (nSPS) is 11.2. The first-order valence-corrected chi connectivity index (χ1v) is 7.03. The van der Waals surface area contributed by atoms with Crippen LogP contribution in [0.3, 0.4) is 0 Å². The first kappa shape index (κ1) is 14.0. The Balaban J connectivity index is 2.15. The zero-order valence-corrected chi connectivity index (χ0v) is 11.3. The molecule has 0 radical (unpaired) electrons. The predicted octanol–water partition coefficient (Wildman–Crippen LogP) is 0.243. The summed E-state index contributed by atoms with van der Waals surface area (Å²) in [6.07, 6.45) is 3.66. The molecule has 0 aromatic carbocycles. The van der Waals surface area contributed by atoms with E-state index in [-0.39, 0.29) is 17.0 Å². The minimum Gasteiger partial charge on any atom is -0.481 e. The number of rotatable bonds is 5. The van der Waals surface area contributed by atoms with E-state index in [0.717, 1.165) is 0 Å². The van der Waals surface area contributed by atoms with Crippen molar-refractivity contribution >= 4 is 21.7 Å². The number of aryl methyl sites for hydroxylation is 1. The van der Waals surface area contributed by atoms with Crippen LogP contribution in [0, 0.1) is 0 Å². The molecule has 0 aliphatic rings. The van der Waals surface area contributed by atoms with Crippen molar-refractivity contribution in [2.45, 2.75) is 11.3 Å². The molecular weight excluding hydrogens is 284 g/mol. The maximum absolute atomic E-state index is 12.0. The Morgan fingerprint density at radius 1 is 1.40 bits per heavy atom. The zero-order chi connectivity index (χ0) is 14.8. The molecule has 106 valence electrons. The van der Waals surface area contributed by atoms with Crippen LogP contribution in [0.25, 0.3) is 0 Å². The lowest BCUT2D eigenvalue weighted by Gasteiger charge is -2.06. The third-order valence-electron chi connectivity index (χ3n) is 2.40. The molecule has 2 heterocycles. The van der Waals surface area contributed by atoms with Crippen LogP contribution in [-0.4, -0.2) is 34.3 Å². The second-order valence-corrected chi connectivity index (χ2v) is 5.75. The molecule has 0 unspecified atom stereocenters. The smallest absolute Gasteiger partial charge is 0.309 e. The van der Waals surface area contributed by atoms with Gasteiger partial charge in [-0.2, -0.15) is 5.10 Å². The minimum absolute atomic E-state index is 0.0367. The maximum Gasteiger partial charge on any atom is 0.309 e. The zero-order valence-electron chi connectivity index (χ0n) is 10.5. The van der Waals surface area contributed by atoms with E-state index >= 15 is 0 Å². The molecule has 0 fully saturated rings. The van der Waals surface area contributed by atoms with Crippen molar-refractivity contribution in [3.8, 4) is 0 Å². The van der Waals surface area contributed by atoms with Crippen LogP contribution < -0.4 is 4.72 Å². The predicted molar refractivity (Wildman–Crippen MR) is 69.6 cm³/mol. The van der Waals surface area contributed by atoms with Gasteiger partial charge in [-0.15, -0.1) is 0 Å². The Hall–Kier alpha value is -2.42. The summed E-state index contributed by atoms with van der Waals surface area (Å²) in [7, 11) is -2.11. The molecule has 8 nitrogen and oxygen atoms in total. The van der Waals surface area contributed by atoms with E-state index in [9.17, 15) is 13.2 Å². The molecule has 0 amide bonds. The van der Waals surface area contributed by atoms with E-state index in [1.807, 2.05) is 0 Å². The van der Waals surface area contributed by atoms with E-state index in [1.165, 1.54) is 35.4 Å². The molecule has 0 aliphatic carbocycles. The SMILES string of the molecule is Cn1cc(S(=O)(=O)Nc2ccc(CC(=O)O)nc2)cn1. The number of anilines is 1. The maximum atomic E-state index is 12.0. The van der Waals surface area contributed by atoms with E-state index in [0.29, 0.717) is 5.69 Å². The van der Waals surface area contributed by atoms with E-state index in [4.69, 9.17) is 5.11 Å². The number of carboxylic acids is 1. The number of carbonyl (C=O) groups is 1. The molecule has 20 heavy (non-hydrogen) atoms. The van der Waals surface area contributed by atoms with E-state index < -0.39 is 16.0 Å². The average molecular weight is 296 g/mol. The molecule has 0 saturated heterocycles. The Labute approximate surface area is 115 Å². The number of aromatic nitrogens is 3. The van der Waals surface area contributed by atoms with Gasteiger partial charge in [-0.05, 0) is 12.1 Å². The van der Waals surface area contributed by atoms with Crippen molar-refractivity contribution in [1.82, 2.24) is 14.8 Å². The Morgan fingerprint density at radius 3 is 2.65 bits per heavy atom. The van der Waals surface area contributed by atoms with Crippen molar-refractivity contribution in [3.05, 3.63) is 36.4 Å². The monoisotopic (exact) mass is 296 g/mol. The van der Waals surface area contributed by atoms with Gasteiger partial charge in [0.2, 0.25) is 0 Å². The second kappa shape index (κ2) is 5.29. The number of pyridine rings is 1. The Morgan fingerprint density at radius 2 is 2.15 bits per heavy atom. The van der Waals surface area contributed by atoms with Crippen LogP contribution in [0.5, 0.6) is 0 Å². The Bertz CT molecular complexity index is 721. The molecule has 0 aliphatic heterocycles. The van der Waals surface area contributed by atoms with Crippen LogP contribution in [0.2, 0.25) is 0 Å². The van der Waals surface area contributed by atoms with Crippen LogP contribution >= 0.6 is 0 Å². The summed E-state index contributed by atoms with van der Waals surface area (Å²) in [6.45, 7) is 0. The average Bonchev–Trinajstić information content (AvgIpc) is 2.78. The summed E-state index contributed by atoms with van der Waals surface area (Å²) < 4.78 is 27.7. The number of sulfonamides is 1. The molecule has 0 spiro atoms. The summed E-state index contributed by atoms with van der Waals surface area (Å²) in [5, 5.41) is 12.4. The van der Waals surface area contributed by atoms with Crippen LogP contribution in [-0.2, 0) is 28.3 Å². The number of nitrogens with zero attached hydrogens (tertiary/aromatic N) is 3. The summed E-state index contributed by atoms with van der Waals surface area (Å²) in [4.78, 5) is 14.4. The Kier molecular flexibility index (Phi) is 3.70. The van der Waals surface area contributed by atoms with Crippen molar-refractivity contribution in [1.29, 1.82) is 0 Å². The van der Waals surface area contributed by atoms with E-state index in [2.05, 4.69) is 14.8 Å². The fourth-order valence-electron chi connectivity index (χ4n) is 1.50. The molecule has 2 aromatic heterocycles. The summed E-state index contributed by atoms with van der Waals surface area (Å²) in [6, 6.07) is 2.91. The summed E-state index contributed by atoms with van der Waals surface area (Å²) in [5.41, 5.74) is 0.602. The lowest BCUT2D eigenvalue weighted by molar-refractivity contribution is -0.136. The van der Waals surface area contributed by atoms with Gasteiger partial charge < -0.3 is 5.11 Å². The van der Waals surface area contributed by atoms with Crippen molar-refractivity contribution in [3.63, 3.8) is 0 Å². The second-order valence-electron chi connectivity index (χ2n) is 4.06. The lowest BCUT2D eigenvalue weighted by atomic mass is 10.3. The molecule has 2 N–H and O–H groups in total. The number of carboxylic acid groups (broad SMARTS) is 1. The van der Waals surface area contributed by atoms with Gasteiger partial charge in [-0.3, -0.25) is 19.2 Å². The van der Waals surface area contributed by atoms with Crippen molar-refractivity contribution in [2.75, 3.05) is 4.72 Å². The van der Waals surface area contributed by atoms with Gasteiger partial charge >= 0.3 is 5.97 Å². The van der Waals surface area contributed by atoms with Gasteiger partial charge in [0, 0.05) is 13.2 Å². The molecule has 2 aromatic rings. The number of aliphatic carboxylic acids is 1. The largest absolute Gasteiger partial charge is 0.481 e. The number of nitrogens with one attached hydrogen (secondary N) is 1. The first-order chi connectivity index (χ1) is 9.37. The fraction of sp³-hybridized carbons (Fsp3) is 0.182. The standard InChI is InChI=1S/C11H12N4O4S/c1-15-7-10(6-13-15)20(18,19)14-9-3-2-8(12-5-9)4-11(16)17/h2-3,5-7,14H,4H2,1H3,(H,16,17). The van der Waals surface area contributed by atoms with Gasteiger partial charge in [0.25, 0.3) is 10.0 Å². The highest BCUT2D eigenvalue weighted by molar-refractivity contribution is 7.92. The van der Waals surface area contributed by atoms with Gasteiger partial charge in [-0.1, -0.05) is 0 Å². The van der Waals surface area contributed by atoms with Crippen molar-refractivity contribution < 1.29 is 18.3 Å². The van der Waals surface area contributed by atoms with Gasteiger partial charge in [0.05, 0.1) is 30.2 Å². The molecule has 0 atom stereocenters. The molecular formula is C11H12N4O4S. The summed E-state index contributed by atoms with van der Waals surface area (Å²) in [5.74, 6) is -0.999. The van der Waals surface area contributed by atoms with Gasteiger partial charge in [0.1, 0.15) is 4.90 Å². The highest BCUT2D eigenvalue weighted by Gasteiger charge is 2.16. The van der Waals surface area contributed by atoms with Crippen molar-refractivity contribution in [2.24, 2.45) is 7.05 Å². The highest BCUT2D eigenvalue weighted by Crippen LogP contribution is 2.14. The van der Waals surface area contributed by atoms with Gasteiger partial charge in [0.15, 0.2) is 0 Å².